The van der Waals surface area contributed by atoms with Crippen LogP contribution in [0.15, 0.2) is 12.3 Å². The van der Waals surface area contributed by atoms with Gasteiger partial charge in [0.2, 0.25) is 0 Å². The number of nitrogens with zero attached hydrogens (tertiary/aromatic N) is 1. The summed E-state index contributed by atoms with van der Waals surface area (Å²) >= 11 is 0. The molecule has 0 aliphatic rings. The predicted molar refractivity (Wildman–Crippen MR) is 46.9 cm³/mol. The Morgan fingerprint density at radius 2 is 1.90 bits per heavy atom. The minimum atomic E-state index is 0.595. The minimum Gasteiger partial charge on any atom is -0.373 e. The second-order valence-corrected chi connectivity index (χ2v) is 2.80. The van der Waals surface area contributed by atoms with Gasteiger partial charge in [-0.3, -0.25) is 0 Å². The molecule has 0 unspecified atom stereocenters. The third kappa shape index (κ3) is 2.42. The van der Waals surface area contributed by atoms with E-state index in [1.165, 1.54) is 5.70 Å². The van der Waals surface area contributed by atoms with Crippen LogP contribution < -0.4 is 0 Å². The van der Waals surface area contributed by atoms with Gasteiger partial charge in [-0.2, -0.15) is 0 Å². The van der Waals surface area contributed by atoms with E-state index < -0.39 is 0 Å². The molecule has 0 aromatic carbocycles. The molecule has 0 heterocycles. The molecule has 0 radical (unpaired) electrons. The van der Waals surface area contributed by atoms with E-state index in [-0.39, 0.29) is 0 Å². The Morgan fingerprint density at radius 3 is 2.00 bits per heavy atom. The van der Waals surface area contributed by atoms with E-state index in [2.05, 4.69) is 39.2 Å². The highest BCUT2D eigenvalue weighted by molar-refractivity contribution is 4.93. The molecule has 60 valence electrons. The van der Waals surface area contributed by atoms with Gasteiger partial charge in [0.15, 0.2) is 0 Å². The van der Waals surface area contributed by atoms with Crippen molar-refractivity contribution in [3.63, 3.8) is 0 Å². The van der Waals surface area contributed by atoms with Gasteiger partial charge in [0.25, 0.3) is 0 Å². The van der Waals surface area contributed by atoms with Gasteiger partial charge >= 0.3 is 0 Å². The first-order chi connectivity index (χ1) is 4.63. The van der Waals surface area contributed by atoms with E-state index in [9.17, 15) is 0 Å². The first-order valence-electron chi connectivity index (χ1n) is 4.07. The third-order valence-electron chi connectivity index (χ3n) is 1.78. The van der Waals surface area contributed by atoms with Crippen molar-refractivity contribution in [3.8, 4) is 0 Å². The summed E-state index contributed by atoms with van der Waals surface area (Å²) in [7, 11) is 0. The lowest BCUT2D eigenvalue weighted by atomic mass is 10.2. The predicted octanol–water partition coefficient (Wildman–Crippen LogP) is 2.64. The van der Waals surface area contributed by atoms with E-state index in [0.29, 0.717) is 6.04 Å². The Kier molecular flexibility index (Phi) is 4.17. The van der Waals surface area contributed by atoms with Crippen LogP contribution in [-0.4, -0.2) is 17.5 Å². The quantitative estimate of drug-likeness (QED) is 0.581. The van der Waals surface area contributed by atoms with E-state index in [4.69, 9.17) is 0 Å². The van der Waals surface area contributed by atoms with E-state index in [1.807, 2.05) is 0 Å². The van der Waals surface area contributed by atoms with Crippen molar-refractivity contribution < 1.29 is 0 Å². The average molecular weight is 141 g/mol. The van der Waals surface area contributed by atoms with Crippen LogP contribution in [0.25, 0.3) is 0 Å². The SMILES string of the molecule is C=C(CC)N(CC)C(C)C. The zero-order valence-electron chi connectivity index (χ0n) is 7.65. The summed E-state index contributed by atoms with van der Waals surface area (Å²) in [6.45, 7) is 13.8. The van der Waals surface area contributed by atoms with Crippen LogP contribution in [0.1, 0.15) is 34.1 Å². The highest BCUT2D eigenvalue weighted by atomic mass is 15.1. The molecular weight excluding hydrogens is 122 g/mol. The van der Waals surface area contributed by atoms with Gasteiger partial charge in [0.1, 0.15) is 0 Å². The van der Waals surface area contributed by atoms with Crippen LogP contribution in [0.4, 0.5) is 0 Å². The first kappa shape index (κ1) is 9.54. The molecule has 0 N–H and O–H groups in total. The minimum absolute atomic E-state index is 0.595. The maximum Gasteiger partial charge on any atom is 0.0230 e. The highest BCUT2D eigenvalue weighted by Crippen LogP contribution is 2.09. The Hall–Kier alpha value is -0.460. The molecule has 0 amide bonds. The van der Waals surface area contributed by atoms with Gasteiger partial charge in [0, 0.05) is 18.3 Å². The Labute approximate surface area is 64.7 Å². The van der Waals surface area contributed by atoms with Crippen molar-refractivity contribution in [2.75, 3.05) is 6.54 Å². The van der Waals surface area contributed by atoms with Gasteiger partial charge in [-0.1, -0.05) is 13.5 Å². The van der Waals surface area contributed by atoms with Crippen molar-refractivity contribution in [1.29, 1.82) is 0 Å². The molecule has 0 aliphatic heterocycles. The summed E-state index contributed by atoms with van der Waals surface area (Å²) in [5.74, 6) is 0. The summed E-state index contributed by atoms with van der Waals surface area (Å²) in [6, 6.07) is 0.595. The first-order valence-corrected chi connectivity index (χ1v) is 4.07. The summed E-state index contributed by atoms with van der Waals surface area (Å²) in [5, 5.41) is 0. The molecule has 0 saturated heterocycles. The smallest absolute Gasteiger partial charge is 0.0230 e. The molecule has 0 saturated carbocycles. The Bertz CT molecular complexity index is 105. The summed E-state index contributed by atoms with van der Waals surface area (Å²) in [6.07, 6.45) is 1.06. The second-order valence-electron chi connectivity index (χ2n) is 2.80. The van der Waals surface area contributed by atoms with Crippen LogP contribution in [0, 0.1) is 0 Å². The standard InChI is InChI=1S/C9H19N/c1-6-9(5)10(7-2)8(3)4/h8H,5-7H2,1-4H3. The van der Waals surface area contributed by atoms with Crippen molar-refractivity contribution in [2.45, 2.75) is 40.2 Å². The van der Waals surface area contributed by atoms with Crippen LogP contribution in [0.5, 0.6) is 0 Å². The number of rotatable bonds is 4. The second kappa shape index (κ2) is 4.37. The fourth-order valence-corrected chi connectivity index (χ4v) is 1.16. The van der Waals surface area contributed by atoms with Crippen LogP contribution in [0.3, 0.4) is 0 Å². The van der Waals surface area contributed by atoms with Gasteiger partial charge < -0.3 is 4.90 Å². The van der Waals surface area contributed by atoms with E-state index >= 15 is 0 Å². The number of hydrogen-bond donors (Lipinski definition) is 0. The van der Waals surface area contributed by atoms with Crippen molar-refractivity contribution >= 4 is 0 Å². The van der Waals surface area contributed by atoms with Gasteiger partial charge in [0.05, 0.1) is 0 Å². The molecule has 0 atom stereocenters. The lowest BCUT2D eigenvalue weighted by molar-refractivity contribution is 0.292. The topological polar surface area (TPSA) is 3.24 Å². The number of allylic oxidation sites excluding steroid dienone is 1. The molecule has 1 heteroatoms. The zero-order chi connectivity index (χ0) is 8.15. The lowest BCUT2D eigenvalue weighted by Gasteiger charge is -2.28. The average Bonchev–Trinajstić information content (AvgIpc) is 1.88. The molecule has 0 aromatic heterocycles. The molecule has 1 nitrogen and oxygen atoms in total. The molecule has 0 spiro atoms. The normalized spacial score (nSPS) is 10.1. The molecule has 0 aliphatic carbocycles. The van der Waals surface area contributed by atoms with Crippen molar-refractivity contribution in [2.24, 2.45) is 0 Å². The largest absolute Gasteiger partial charge is 0.373 e. The summed E-state index contributed by atoms with van der Waals surface area (Å²) in [4.78, 5) is 2.32. The fourth-order valence-electron chi connectivity index (χ4n) is 1.16. The van der Waals surface area contributed by atoms with Crippen LogP contribution in [-0.2, 0) is 0 Å². The van der Waals surface area contributed by atoms with Crippen molar-refractivity contribution in [3.05, 3.63) is 12.3 Å². The number of hydrogen-bond acceptors (Lipinski definition) is 1. The van der Waals surface area contributed by atoms with Crippen LogP contribution >= 0.6 is 0 Å². The summed E-state index contributed by atoms with van der Waals surface area (Å²) in [5.41, 5.74) is 1.25. The van der Waals surface area contributed by atoms with Crippen LogP contribution in [0.2, 0.25) is 0 Å². The maximum atomic E-state index is 3.99. The Morgan fingerprint density at radius 1 is 1.40 bits per heavy atom. The van der Waals surface area contributed by atoms with Gasteiger partial charge in [-0.25, -0.2) is 0 Å². The monoisotopic (exact) mass is 141 g/mol. The van der Waals surface area contributed by atoms with Gasteiger partial charge in [-0.15, -0.1) is 0 Å². The van der Waals surface area contributed by atoms with Crippen molar-refractivity contribution in [1.82, 2.24) is 4.90 Å². The third-order valence-corrected chi connectivity index (χ3v) is 1.78. The molecular formula is C9H19N. The van der Waals surface area contributed by atoms with Gasteiger partial charge in [-0.05, 0) is 27.2 Å². The van der Waals surface area contributed by atoms with E-state index in [1.54, 1.807) is 0 Å². The van der Waals surface area contributed by atoms with E-state index in [0.717, 1.165) is 13.0 Å². The Balaban J connectivity index is 3.93. The molecule has 0 fully saturated rings. The molecule has 0 aromatic rings. The molecule has 0 bridgehead atoms. The maximum absolute atomic E-state index is 3.99. The highest BCUT2D eigenvalue weighted by Gasteiger charge is 2.05. The lowest BCUT2D eigenvalue weighted by Crippen LogP contribution is -2.29. The fraction of sp³-hybridized carbons (Fsp3) is 0.778. The molecule has 10 heavy (non-hydrogen) atoms. The zero-order valence-corrected chi connectivity index (χ0v) is 7.65. The molecule has 0 rings (SSSR count). The summed E-state index contributed by atoms with van der Waals surface area (Å²) < 4.78 is 0.